The molecule has 0 radical (unpaired) electrons. The standard InChI is InChI=1S/C29H18F3I/c30-29(31,32)27-13-9-22(10-14-27)24-6-8-25-17-23(5-7-26(25)18-24)21-3-1-19(2-4-21)20-11-15-28(33)16-12-20/h1-18H. The van der Waals surface area contributed by atoms with Crippen molar-refractivity contribution in [2.24, 2.45) is 0 Å². The van der Waals surface area contributed by atoms with E-state index in [0.717, 1.165) is 45.2 Å². The Labute approximate surface area is 203 Å². The number of hydrogen-bond acceptors (Lipinski definition) is 0. The molecule has 33 heavy (non-hydrogen) atoms. The third-order valence-corrected chi connectivity index (χ3v) is 6.50. The molecule has 0 aromatic heterocycles. The first kappa shape index (κ1) is 21.7. The van der Waals surface area contributed by atoms with Gasteiger partial charge in [0.15, 0.2) is 0 Å². The molecule has 0 aliphatic heterocycles. The Hall–Kier alpha value is -3.12. The van der Waals surface area contributed by atoms with Gasteiger partial charge in [0.05, 0.1) is 5.56 Å². The Balaban J connectivity index is 1.41. The van der Waals surface area contributed by atoms with Crippen molar-refractivity contribution in [3.63, 3.8) is 0 Å². The second kappa shape index (κ2) is 8.67. The van der Waals surface area contributed by atoms with E-state index < -0.39 is 11.7 Å². The maximum absolute atomic E-state index is 12.8. The van der Waals surface area contributed by atoms with Gasteiger partial charge in [0.2, 0.25) is 0 Å². The molecule has 5 aromatic carbocycles. The lowest BCUT2D eigenvalue weighted by Gasteiger charge is -2.10. The van der Waals surface area contributed by atoms with Gasteiger partial charge in [-0.15, -0.1) is 0 Å². The van der Waals surface area contributed by atoms with Gasteiger partial charge in [-0.25, -0.2) is 0 Å². The van der Waals surface area contributed by atoms with Crippen LogP contribution in [0.1, 0.15) is 5.56 Å². The molecule has 0 aliphatic carbocycles. The van der Waals surface area contributed by atoms with Crippen molar-refractivity contribution in [2.45, 2.75) is 6.18 Å². The Morgan fingerprint density at radius 2 is 0.758 bits per heavy atom. The highest BCUT2D eigenvalue weighted by Gasteiger charge is 2.29. The van der Waals surface area contributed by atoms with Gasteiger partial charge in [0.25, 0.3) is 0 Å². The van der Waals surface area contributed by atoms with Gasteiger partial charge in [-0.3, -0.25) is 0 Å². The lowest BCUT2D eigenvalue weighted by atomic mass is 9.96. The molecule has 4 heteroatoms. The van der Waals surface area contributed by atoms with Crippen molar-refractivity contribution in [1.82, 2.24) is 0 Å². The maximum Gasteiger partial charge on any atom is 0.416 e. The predicted molar refractivity (Wildman–Crippen MR) is 138 cm³/mol. The molecule has 162 valence electrons. The van der Waals surface area contributed by atoms with Gasteiger partial charge in [-0.2, -0.15) is 13.2 Å². The molecule has 0 saturated heterocycles. The fourth-order valence-corrected chi connectivity index (χ4v) is 4.31. The number of fused-ring (bicyclic) bond motifs is 1. The summed E-state index contributed by atoms with van der Waals surface area (Å²) in [6.07, 6.45) is -4.32. The topological polar surface area (TPSA) is 0 Å². The van der Waals surface area contributed by atoms with Crippen LogP contribution < -0.4 is 0 Å². The molecule has 0 fully saturated rings. The zero-order valence-corrected chi connectivity index (χ0v) is 19.6. The maximum atomic E-state index is 12.8. The summed E-state index contributed by atoms with van der Waals surface area (Å²) in [7, 11) is 0. The van der Waals surface area contributed by atoms with E-state index in [1.165, 1.54) is 26.8 Å². The Bertz CT molecular complexity index is 1420. The summed E-state index contributed by atoms with van der Waals surface area (Å²) in [6, 6.07) is 34.6. The number of benzene rings is 5. The van der Waals surface area contributed by atoms with E-state index in [4.69, 9.17) is 0 Å². The summed E-state index contributed by atoms with van der Waals surface area (Å²) >= 11 is 2.30. The van der Waals surface area contributed by atoms with E-state index in [2.05, 4.69) is 89.3 Å². The minimum atomic E-state index is -4.32. The van der Waals surface area contributed by atoms with Crippen LogP contribution in [0.4, 0.5) is 13.2 Å². The molecule has 0 bridgehead atoms. The molecule has 0 N–H and O–H groups in total. The highest BCUT2D eigenvalue weighted by molar-refractivity contribution is 14.1. The van der Waals surface area contributed by atoms with Gasteiger partial charge in [-0.05, 0) is 103 Å². The first-order chi connectivity index (χ1) is 15.9. The summed E-state index contributed by atoms with van der Waals surface area (Å²) in [4.78, 5) is 0. The van der Waals surface area contributed by atoms with E-state index in [1.54, 1.807) is 0 Å². The monoisotopic (exact) mass is 550 g/mol. The molecule has 0 spiro atoms. The van der Waals surface area contributed by atoms with Crippen LogP contribution in [0.25, 0.3) is 44.2 Å². The first-order valence-corrected chi connectivity index (χ1v) is 11.5. The van der Waals surface area contributed by atoms with Gasteiger partial charge in [0, 0.05) is 3.57 Å². The van der Waals surface area contributed by atoms with Crippen LogP contribution in [0, 0.1) is 3.57 Å². The first-order valence-electron chi connectivity index (χ1n) is 10.4. The van der Waals surface area contributed by atoms with Crippen LogP contribution in [0.15, 0.2) is 109 Å². The lowest BCUT2D eigenvalue weighted by Crippen LogP contribution is -2.03. The molecular formula is C29H18F3I. The summed E-state index contributed by atoms with van der Waals surface area (Å²) in [6.45, 7) is 0. The second-order valence-corrected chi connectivity index (χ2v) is 9.18. The van der Waals surface area contributed by atoms with Crippen molar-refractivity contribution >= 4 is 33.4 Å². The molecule has 0 heterocycles. The number of alkyl halides is 3. The SMILES string of the molecule is FC(F)(F)c1ccc(-c2ccc3cc(-c4ccc(-c5ccc(I)cc5)cc4)ccc3c2)cc1. The van der Waals surface area contributed by atoms with Crippen LogP contribution in [-0.2, 0) is 6.18 Å². The lowest BCUT2D eigenvalue weighted by molar-refractivity contribution is -0.137. The number of rotatable bonds is 3. The Morgan fingerprint density at radius 1 is 0.424 bits per heavy atom. The molecule has 0 nitrogen and oxygen atoms in total. The normalized spacial score (nSPS) is 11.6. The van der Waals surface area contributed by atoms with E-state index in [9.17, 15) is 13.2 Å². The van der Waals surface area contributed by atoms with Gasteiger partial charge in [-0.1, -0.05) is 72.8 Å². The van der Waals surface area contributed by atoms with E-state index in [-0.39, 0.29) is 0 Å². The van der Waals surface area contributed by atoms with Crippen molar-refractivity contribution in [3.05, 3.63) is 118 Å². The fraction of sp³-hybridized carbons (Fsp3) is 0.0345. The largest absolute Gasteiger partial charge is 0.416 e. The van der Waals surface area contributed by atoms with Crippen molar-refractivity contribution in [3.8, 4) is 33.4 Å². The van der Waals surface area contributed by atoms with Crippen molar-refractivity contribution in [1.29, 1.82) is 0 Å². The van der Waals surface area contributed by atoms with Crippen LogP contribution in [0.5, 0.6) is 0 Å². The third kappa shape index (κ3) is 4.67. The van der Waals surface area contributed by atoms with Crippen molar-refractivity contribution in [2.75, 3.05) is 0 Å². The number of hydrogen-bond donors (Lipinski definition) is 0. The molecule has 0 unspecified atom stereocenters. The zero-order valence-electron chi connectivity index (χ0n) is 17.4. The molecular weight excluding hydrogens is 532 g/mol. The Kier molecular flexibility index (Phi) is 5.71. The third-order valence-electron chi connectivity index (χ3n) is 5.78. The molecule has 0 atom stereocenters. The zero-order chi connectivity index (χ0) is 23.0. The molecule has 5 rings (SSSR count). The predicted octanol–water partition coefficient (Wildman–Crippen LogP) is 9.46. The van der Waals surface area contributed by atoms with Crippen LogP contribution >= 0.6 is 22.6 Å². The smallest absolute Gasteiger partial charge is 0.166 e. The van der Waals surface area contributed by atoms with Gasteiger partial charge in [0.1, 0.15) is 0 Å². The highest BCUT2D eigenvalue weighted by atomic mass is 127. The summed E-state index contributed by atoms with van der Waals surface area (Å²) in [5.74, 6) is 0. The molecule has 5 aromatic rings. The minimum Gasteiger partial charge on any atom is -0.166 e. The van der Waals surface area contributed by atoms with Gasteiger partial charge < -0.3 is 0 Å². The van der Waals surface area contributed by atoms with Crippen LogP contribution in [0.3, 0.4) is 0 Å². The van der Waals surface area contributed by atoms with Gasteiger partial charge >= 0.3 is 6.18 Å². The fourth-order valence-electron chi connectivity index (χ4n) is 3.95. The summed E-state index contributed by atoms with van der Waals surface area (Å²) in [5, 5.41) is 2.14. The number of halogens is 4. The van der Waals surface area contributed by atoms with E-state index in [0.29, 0.717) is 0 Å². The molecule has 0 aliphatic rings. The minimum absolute atomic E-state index is 0.635. The highest BCUT2D eigenvalue weighted by Crippen LogP contribution is 2.33. The average Bonchev–Trinajstić information content (AvgIpc) is 2.83. The van der Waals surface area contributed by atoms with E-state index >= 15 is 0 Å². The molecule has 0 amide bonds. The van der Waals surface area contributed by atoms with E-state index in [1.807, 2.05) is 18.2 Å². The summed E-state index contributed by atoms with van der Waals surface area (Å²) in [5.41, 5.74) is 5.65. The Morgan fingerprint density at radius 3 is 1.18 bits per heavy atom. The quantitative estimate of drug-likeness (QED) is 0.196. The van der Waals surface area contributed by atoms with Crippen LogP contribution in [-0.4, -0.2) is 0 Å². The van der Waals surface area contributed by atoms with Crippen LogP contribution in [0.2, 0.25) is 0 Å². The van der Waals surface area contributed by atoms with Crippen molar-refractivity contribution < 1.29 is 13.2 Å². The average molecular weight is 550 g/mol. The second-order valence-electron chi connectivity index (χ2n) is 7.94. The summed E-state index contributed by atoms with van der Waals surface area (Å²) < 4.78 is 39.7. The molecule has 0 saturated carbocycles.